The first-order chi connectivity index (χ1) is 10.0. The minimum Gasteiger partial charge on any atom is -0.378 e. The van der Waals surface area contributed by atoms with Crippen LogP contribution in [0.3, 0.4) is 0 Å². The Morgan fingerprint density at radius 3 is 2.95 bits per heavy atom. The Hall–Kier alpha value is -0.980. The van der Waals surface area contributed by atoms with Crippen molar-refractivity contribution < 1.29 is 9.53 Å². The predicted molar refractivity (Wildman–Crippen MR) is 84.9 cm³/mol. The minimum atomic E-state index is -0.0914. The molecule has 5 nitrogen and oxygen atoms in total. The number of thiazole rings is 1. The molecule has 2 heterocycles. The third kappa shape index (κ3) is 4.02. The van der Waals surface area contributed by atoms with Crippen LogP contribution in [0.4, 0.5) is 0 Å². The molecule has 0 aliphatic carbocycles. The number of aromatic nitrogens is 1. The largest absolute Gasteiger partial charge is 0.378 e. The SMILES string of the molecule is CCCc1nc(C(=O)N[C@H]2CN(C(C)C)C[C@@H]2OC)cs1. The molecule has 1 aliphatic rings. The van der Waals surface area contributed by atoms with Crippen LogP contribution in [0, 0.1) is 0 Å². The van der Waals surface area contributed by atoms with Gasteiger partial charge in [-0.25, -0.2) is 4.98 Å². The predicted octanol–water partition coefficient (Wildman–Crippen LogP) is 1.93. The summed E-state index contributed by atoms with van der Waals surface area (Å²) in [4.78, 5) is 19.0. The number of rotatable bonds is 6. The van der Waals surface area contributed by atoms with Gasteiger partial charge in [0.2, 0.25) is 0 Å². The van der Waals surface area contributed by atoms with Gasteiger partial charge in [0, 0.05) is 31.6 Å². The van der Waals surface area contributed by atoms with Crippen LogP contribution in [0.2, 0.25) is 0 Å². The average Bonchev–Trinajstić information content (AvgIpc) is 3.06. The Morgan fingerprint density at radius 2 is 2.33 bits per heavy atom. The number of carbonyl (C=O) groups is 1. The molecule has 1 saturated heterocycles. The number of amides is 1. The molecule has 1 amide bonds. The molecule has 1 fully saturated rings. The zero-order chi connectivity index (χ0) is 15.4. The Bertz CT molecular complexity index is 475. The van der Waals surface area contributed by atoms with Gasteiger partial charge in [-0.15, -0.1) is 11.3 Å². The Morgan fingerprint density at radius 1 is 1.57 bits per heavy atom. The van der Waals surface area contributed by atoms with Crippen LogP contribution >= 0.6 is 11.3 Å². The second-order valence-electron chi connectivity index (χ2n) is 5.78. The van der Waals surface area contributed by atoms with Crippen molar-refractivity contribution in [2.45, 2.75) is 51.8 Å². The molecular weight excluding hydrogens is 286 g/mol. The second-order valence-corrected chi connectivity index (χ2v) is 6.72. The highest BCUT2D eigenvalue weighted by Crippen LogP contribution is 2.17. The molecule has 6 heteroatoms. The van der Waals surface area contributed by atoms with Crippen LogP contribution in [0.5, 0.6) is 0 Å². The molecule has 2 rings (SSSR count). The summed E-state index contributed by atoms with van der Waals surface area (Å²) in [7, 11) is 1.70. The summed E-state index contributed by atoms with van der Waals surface area (Å²) < 4.78 is 5.51. The van der Waals surface area contributed by atoms with Crippen LogP contribution in [0.1, 0.15) is 42.7 Å². The first kappa shape index (κ1) is 16.4. The van der Waals surface area contributed by atoms with Gasteiger partial charge in [0.25, 0.3) is 5.91 Å². The van der Waals surface area contributed by atoms with Crippen LogP contribution in [0.25, 0.3) is 0 Å². The van der Waals surface area contributed by atoms with E-state index in [4.69, 9.17) is 4.74 Å². The molecule has 1 aliphatic heterocycles. The molecule has 0 aromatic carbocycles. The molecule has 2 atom stereocenters. The topological polar surface area (TPSA) is 54.5 Å². The normalized spacial score (nSPS) is 22.9. The van der Waals surface area contributed by atoms with E-state index in [0.717, 1.165) is 30.9 Å². The third-order valence-electron chi connectivity index (χ3n) is 3.89. The van der Waals surface area contributed by atoms with Crippen LogP contribution in [-0.4, -0.2) is 54.2 Å². The van der Waals surface area contributed by atoms with Crippen molar-refractivity contribution >= 4 is 17.2 Å². The molecule has 0 saturated carbocycles. The van der Waals surface area contributed by atoms with E-state index in [-0.39, 0.29) is 18.1 Å². The number of nitrogens with zero attached hydrogens (tertiary/aromatic N) is 2. The fourth-order valence-electron chi connectivity index (χ4n) is 2.59. The van der Waals surface area contributed by atoms with Crippen LogP contribution in [-0.2, 0) is 11.2 Å². The summed E-state index contributed by atoms with van der Waals surface area (Å²) >= 11 is 1.56. The number of likely N-dealkylation sites (tertiary alicyclic amines) is 1. The lowest BCUT2D eigenvalue weighted by molar-refractivity contribution is 0.0750. The quantitative estimate of drug-likeness (QED) is 0.872. The highest BCUT2D eigenvalue weighted by Gasteiger charge is 2.35. The van der Waals surface area contributed by atoms with Crippen molar-refractivity contribution in [3.63, 3.8) is 0 Å². The van der Waals surface area contributed by atoms with Crippen LogP contribution < -0.4 is 5.32 Å². The fraction of sp³-hybridized carbons (Fsp3) is 0.733. The maximum Gasteiger partial charge on any atom is 0.271 e. The molecule has 0 bridgehead atoms. The lowest BCUT2D eigenvalue weighted by atomic mass is 10.2. The van der Waals surface area contributed by atoms with Gasteiger partial charge in [-0.1, -0.05) is 6.92 Å². The van der Waals surface area contributed by atoms with Crippen LogP contribution in [0.15, 0.2) is 5.38 Å². The molecule has 1 aromatic heterocycles. The van der Waals surface area contributed by atoms with Gasteiger partial charge in [0.1, 0.15) is 5.69 Å². The molecule has 0 unspecified atom stereocenters. The number of hydrogen-bond donors (Lipinski definition) is 1. The van der Waals surface area contributed by atoms with Crippen molar-refractivity contribution in [3.05, 3.63) is 16.1 Å². The summed E-state index contributed by atoms with van der Waals surface area (Å²) in [6.07, 6.45) is 2.03. The maximum atomic E-state index is 12.3. The van der Waals surface area contributed by atoms with E-state index in [0.29, 0.717) is 11.7 Å². The van der Waals surface area contributed by atoms with E-state index in [9.17, 15) is 4.79 Å². The summed E-state index contributed by atoms with van der Waals surface area (Å²) in [5, 5.41) is 5.95. The molecule has 21 heavy (non-hydrogen) atoms. The fourth-order valence-corrected chi connectivity index (χ4v) is 3.47. The lowest BCUT2D eigenvalue weighted by Gasteiger charge is -2.19. The summed E-state index contributed by atoms with van der Waals surface area (Å²) in [6.45, 7) is 8.12. The van der Waals surface area contributed by atoms with Gasteiger partial charge in [-0.3, -0.25) is 9.69 Å². The van der Waals surface area contributed by atoms with Gasteiger partial charge < -0.3 is 10.1 Å². The second kappa shape index (κ2) is 7.33. The first-order valence-electron chi connectivity index (χ1n) is 7.57. The molecule has 1 aromatic rings. The smallest absolute Gasteiger partial charge is 0.271 e. The molecule has 1 N–H and O–H groups in total. The van der Waals surface area contributed by atoms with Gasteiger partial charge in [-0.05, 0) is 26.7 Å². The number of aryl methyl sites for hydroxylation is 1. The van der Waals surface area contributed by atoms with Crippen molar-refractivity contribution in [1.82, 2.24) is 15.2 Å². The molecule has 118 valence electrons. The zero-order valence-electron chi connectivity index (χ0n) is 13.3. The summed E-state index contributed by atoms with van der Waals surface area (Å²) in [5.74, 6) is -0.0914. The molecule has 0 spiro atoms. The number of nitrogens with one attached hydrogen (secondary N) is 1. The Kier molecular flexibility index (Phi) is 5.72. The third-order valence-corrected chi connectivity index (χ3v) is 4.80. The maximum absolute atomic E-state index is 12.3. The van der Waals surface area contributed by atoms with Gasteiger partial charge in [0.15, 0.2) is 0 Å². The van der Waals surface area contributed by atoms with Gasteiger partial charge >= 0.3 is 0 Å². The van der Waals surface area contributed by atoms with E-state index in [1.54, 1.807) is 18.4 Å². The number of hydrogen-bond acceptors (Lipinski definition) is 5. The summed E-state index contributed by atoms with van der Waals surface area (Å²) in [6, 6.07) is 0.487. The monoisotopic (exact) mass is 311 g/mol. The molecular formula is C15H25N3O2S. The van der Waals surface area contributed by atoms with Crippen molar-refractivity contribution in [2.24, 2.45) is 0 Å². The van der Waals surface area contributed by atoms with E-state index in [1.807, 2.05) is 5.38 Å². The minimum absolute atomic E-state index is 0.0289. The standard InChI is InChI=1S/C15H25N3O2S/c1-5-6-14-16-12(9-21-14)15(19)17-11-7-18(10(2)3)8-13(11)20-4/h9-11,13H,5-8H2,1-4H3,(H,17,19)/t11-,13-/m0/s1. The Labute approximate surface area is 130 Å². The average molecular weight is 311 g/mol. The van der Waals surface area contributed by atoms with Crippen molar-refractivity contribution in [1.29, 1.82) is 0 Å². The highest BCUT2D eigenvalue weighted by molar-refractivity contribution is 7.09. The van der Waals surface area contributed by atoms with Gasteiger partial charge in [-0.2, -0.15) is 0 Å². The van der Waals surface area contributed by atoms with E-state index in [1.165, 1.54) is 0 Å². The lowest BCUT2D eigenvalue weighted by Crippen LogP contribution is -2.43. The van der Waals surface area contributed by atoms with Crippen molar-refractivity contribution in [2.75, 3.05) is 20.2 Å². The highest BCUT2D eigenvalue weighted by atomic mass is 32.1. The number of methoxy groups -OCH3 is 1. The Balaban J connectivity index is 1.97. The molecule has 0 radical (unpaired) electrons. The summed E-state index contributed by atoms with van der Waals surface area (Å²) in [5.41, 5.74) is 0.529. The van der Waals surface area contributed by atoms with Gasteiger partial charge in [0.05, 0.1) is 17.2 Å². The number of carbonyl (C=O) groups excluding carboxylic acids is 1. The van der Waals surface area contributed by atoms with E-state index < -0.39 is 0 Å². The zero-order valence-corrected chi connectivity index (χ0v) is 14.1. The van der Waals surface area contributed by atoms with E-state index >= 15 is 0 Å². The van der Waals surface area contributed by atoms with E-state index in [2.05, 4.69) is 36.0 Å². The first-order valence-corrected chi connectivity index (χ1v) is 8.45. The number of ether oxygens (including phenoxy) is 1. The van der Waals surface area contributed by atoms with Crippen molar-refractivity contribution in [3.8, 4) is 0 Å².